The first-order chi connectivity index (χ1) is 8.60. The number of hydrogen-bond donors (Lipinski definition) is 0. The van der Waals surface area contributed by atoms with Crippen molar-refractivity contribution in [3.8, 4) is 0 Å². The molecule has 0 saturated carbocycles. The summed E-state index contributed by atoms with van der Waals surface area (Å²) in [5, 5.41) is 1.17. The van der Waals surface area contributed by atoms with Gasteiger partial charge in [-0.15, -0.1) is 0 Å². The highest BCUT2D eigenvalue weighted by molar-refractivity contribution is 9.10. The highest BCUT2D eigenvalue weighted by atomic mass is 79.9. The zero-order valence-electron chi connectivity index (χ0n) is 9.75. The van der Waals surface area contributed by atoms with Gasteiger partial charge in [-0.2, -0.15) is 0 Å². The lowest BCUT2D eigenvalue weighted by Crippen LogP contribution is -2.02. The van der Waals surface area contributed by atoms with E-state index in [0.717, 1.165) is 22.2 Å². The fourth-order valence-electron chi connectivity index (χ4n) is 1.65. The van der Waals surface area contributed by atoms with Crippen LogP contribution >= 0.6 is 39.1 Å². The van der Waals surface area contributed by atoms with Crippen molar-refractivity contribution in [2.75, 3.05) is 0 Å². The minimum absolute atomic E-state index is 0.457. The van der Waals surface area contributed by atoms with Crippen molar-refractivity contribution in [1.82, 2.24) is 9.97 Å². The van der Waals surface area contributed by atoms with Gasteiger partial charge < -0.3 is 0 Å². The molecule has 18 heavy (non-hydrogen) atoms. The molecule has 2 rings (SSSR count). The molecule has 0 radical (unpaired) electrons. The number of rotatable bonds is 3. The van der Waals surface area contributed by atoms with Crippen LogP contribution in [0.1, 0.15) is 24.0 Å². The topological polar surface area (TPSA) is 25.8 Å². The van der Waals surface area contributed by atoms with E-state index in [9.17, 15) is 0 Å². The molecule has 94 valence electrons. The number of nitrogens with zero attached hydrogens (tertiary/aromatic N) is 2. The van der Waals surface area contributed by atoms with Gasteiger partial charge in [0.1, 0.15) is 11.0 Å². The number of aryl methyl sites for hydroxylation is 1. The van der Waals surface area contributed by atoms with Crippen molar-refractivity contribution in [2.45, 2.75) is 19.8 Å². The third-order valence-electron chi connectivity index (χ3n) is 2.51. The molecular weight excluding hydrogens is 335 g/mol. The minimum Gasteiger partial charge on any atom is -0.236 e. The Morgan fingerprint density at radius 3 is 2.67 bits per heavy atom. The van der Waals surface area contributed by atoms with Crippen LogP contribution in [-0.2, 0) is 12.8 Å². The maximum Gasteiger partial charge on any atom is 0.147 e. The predicted octanol–water partition coefficient (Wildman–Crippen LogP) is 4.70. The first-order valence-corrected chi connectivity index (χ1v) is 7.10. The Labute approximate surface area is 124 Å². The van der Waals surface area contributed by atoms with Crippen LogP contribution in [-0.4, -0.2) is 9.97 Å². The van der Waals surface area contributed by atoms with E-state index >= 15 is 0 Å². The second-order valence-corrected chi connectivity index (χ2v) is 5.44. The summed E-state index contributed by atoms with van der Waals surface area (Å²) in [5.74, 6) is 0.710. The summed E-state index contributed by atoms with van der Waals surface area (Å²) in [6.07, 6.45) is 1.44. The van der Waals surface area contributed by atoms with Gasteiger partial charge in [0.05, 0.1) is 10.2 Å². The molecule has 2 aromatic rings. The van der Waals surface area contributed by atoms with E-state index < -0.39 is 0 Å². The van der Waals surface area contributed by atoms with E-state index in [1.807, 2.05) is 31.2 Å². The Balaban J connectivity index is 2.32. The van der Waals surface area contributed by atoms with E-state index in [-0.39, 0.29) is 0 Å². The van der Waals surface area contributed by atoms with Crippen LogP contribution in [0.3, 0.4) is 0 Å². The molecule has 1 heterocycles. The van der Waals surface area contributed by atoms with E-state index in [4.69, 9.17) is 23.2 Å². The first-order valence-electron chi connectivity index (χ1n) is 5.55. The lowest BCUT2D eigenvalue weighted by molar-refractivity contribution is 0.896. The van der Waals surface area contributed by atoms with Crippen LogP contribution < -0.4 is 0 Å². The second-order valence-electron chi connectivity index (χ2n) is 3.85. The van der Waals surface area contributed by atoms with E-state index in [1.54, 1.807) is 0 Å². The van der Waals surface area contributed by atoms with Gasteiger partial charge >= 0.3 is 0 Å². The van der Waals surface area contributed by atoms with Crippen LogP contribution in [0.2, 0.25) is 10.2 Å². The number of halogens is 3. The molecule has 0 unspecified atom stereocenters. The molecule has 0 aliphatic heterocycles. The summed E-state index contributed by atoms with van der Waals surface area (Å²) in [5.41, 5.74) is 2.00. The smallest absolute Gasteiger partial charge is 0.147 e. The number of hydrogen-bond acceptors (Lipinski definition) is 2. The average molecular weight is 346 g/mol. The molecule has 0 fully saturated rings. The zero-order valence-corrected chi connectivity index (χ0v) is 12.8. The van der Waals surface area contributed by atoms with Crippen molar-refractivity contribution in [1.29, 1.82) is 0 Å². The Kier molecular flexibility index (Phi) is 4.60. The Morgan fingerprint density at radius 1 is 1.22 bits per heavy atom. The SMILES string of the molecule is CCc1nc(Cc2cccc(Cl)c2)nc(Cl)c1Br. The molecule has 0 aliphatic rings. The lowest BCUT2D eigenvalue weighted by Gasteiger charge is -2.07. The largest absolute Gasteiger partial charge is 0.236 e. The maximum atomic E-state index is 6.07. The fourth-order valence-corrected chi connectivity index (χ4v) is 2.53. The first kappa shape index (κ1) is 13.8. The molecule has 0 amide bonds. The molecule has 0 atom stereocenters. The van der Waals surface area contributed by atoms with Crippen LogP contribution in [0.15, 0.2) is 28.7 Å². The van der Waals surface area contributed by atoms with Crippen LogP contribution in [0.25, 0.3) is 0 Å². The normalized spacial score (nSPS) is 10.7. The Hall–Kier alpha value is -0.640. The van der Waals surface area contributed by atoms with Gasteiger partial charge in [-0.05, 0) is 40.0 Å². The highest BCUT2D eigenvalue weighted by Gasteiger charge is 2.09. The number of benzene rings is 1. The third-order valence-corrected chi connectivity index (χ3v) is 4.08. The van der Waals surface area contributed by atoms with Crippen molar-refractivity contribution in [3.05, 3.63) is 56.0 Å². The molecule has 0 aliphatic carbocycles. The van der Waals surface area contributed by atoms with E-state index in [2.05, 4.69) is 25.9 Å². The van der Waals surface area contributed by atoms with Crippen molar-refractivity contribution in [3.63, 3.8) is 0 Å². The standard InChI is InChI=1S/C13H11BrCl2N2/c1-2-10-12(14)13(16)18-11(17-10)7-8-4-3-5-9(15)6-8/h3-6H,2,7H2,1H3. The summed E-state index contributed by atoms with van der Waals surface area (Å²) < 4.78 is 0.779. The Bertz CT molecular complexity index is 573. The van der Waals surface area contributed by atoms with Gasteiger partial charge in [-0.25, -0.2) is 9.97 Å². The van der Waals surface area contributed by atoms with Gasteiger partial charge in [0, 0.05) is 11.4 Å². The monoisotopic (exact) mass is 344 g/mol. The molecular formula is C13H11BrCl2N2. The summed E-state index contributed by atoms with van der Waals surface area (Å²) in [6, 6.07) is 7.67. The van der Waals surface area contributed by atoms with Crippen LogP contribution in [0.5, 0.6) is 0 Å². The van der Waals surface area contributed by atoms with Gasteiger partial charge in [0.25, 0.3) is 0 Å². The van der Waals surface area contributed by atoms with Crippen LogP contribution in [0.4, 0.5) is 0 Å². The van der Waals surface area contributed by atoms with Gasteiger partial charge in [-0.1, -0.05) is 42.3 Å². The fraction of sp³-hybridized carbons (Fsp3) is 0.231. The van der Waals surface area contributed by atoms with Crippen molar-refractivity contribution in [2.24, 2.45) is 0 Å². The van der Waals surface area contributed by atoms with Gasteiger partial charge in [0.15, 0.2) is 0 Å². The lowest BCUT2D eigenvalue weighted by atomic mass is 10.1. The van der Waals surface area contributed by atoms with Crippen molar-refractivity contribution < 1.29 is 0 Å². The molecule has 5 heteroatoms. The number of aromatic nitrogens is 2. The van der Waals surface area contributed by atoms with Gasteiger partial charge in [-0.3, -0.25) is 0 Å². The predicted molar refractivity (Wildman–Crippen MR) is 78.4 cm³/mol. The Morgan fingerprint density at radius 2 is 2.00 bits per heavy atom. The molecule has 0 N–H and O–H groups in total. The zero-order chi connectivity index (χ0) is 13.1. The van der Waals surface area contributed by atoms with E-state index in [1.165, 1.54) is 0 Å². The highest BCUT2D eigenvalue weighted by Crippen LogP contribution is 2.24. The molecule has 1 aromatic heterocycles. The molecule has 0 bridgehead atoms. The summed E-state index contributed by atoms with van der Waals surface area (Å²) >= 11 is 15.4. The molecule has 1 aromatic carbocycles. The van der Waals surface area contributed by atoms with E-state index in [0.29, 0.717) is 22.4 Å². The molecule has 0 saturated heterocycles. The maximum absolute atomic E-state index is 6.07. The summed E-state index contributed by atoms with van der Waals surface area (Å²) in [6.45, 7) is 2.03. The quantitative estimate of drug-likeness (QED) is 0.753. The average Bonchev–Trinajstić information content (AvgIpc) is 2.33. The molecule has 0 spiro atoms. The van der Waals surface area contributed by atoms with Gasteiger partial charge in [0.2, 0.25) is 0 Å². The minimum atomic E-state index is 0.457. The second kappa shape index (κ2) is 6.00. The third kappa shape index (κ3) is 3.22. The summed E-state index contributed by atoms with van der Waals surface area (Å²) in [4.78, 5) is 8.76. The summed E-state index contributed by atoms with van der Waals surface area (Å²) in [7, 11) is 0. The van der Waals surface area contributed by atoms with Crippen molar-refractivity contribution >= 4 is 39.1 Å². The molecule has 2 nitrogen and oxygen atoms in total. The van der Waals surface area contributed by atoms with Crippen LogP contribution in [0, 0.1) is 0 Å².